The van der Waals surface area contributed by atoms with Crippen LogP contribution in [0.4, 0.5) is 23.8 Å². The Morgan fingerprint density at radius 1 is 1.03 bits per heavy atom. The van der Waals surface area contributed by atoms with Crippen LogP contribution < -0.4 is 19.7 Å². The summed E-state index contributed by atoms with van der Waals surface area (Å²) >= 11 is 0. The van der Waals surface area contributed by atoms with Crippen molar-refractivity contribution in [3.05, 3.63) is 83.7 Å². The van der Waals surface area contributed by atoms with Crippen LogP contribution in [0, 0.1) is 0 Å². The Bertz CT molecular complexity index is 1530. The van der Waals surface area contributed by atoms with Crippen molar-refractivity contribution in [2.75, 3.05) is 11.9 Å². The van der Waals surface area contributed by atoms with Crippen LogP contribution in [0.1, 0.15) is 34.6 Å². The molecule has 0 radical (unpaired) electrons. The predicted molar refractivity (Wildman–Crippen MR) is 138 cm³/mol. The van der Waals surface area contributed by atoms with Crippen molar-refractivity contribution in [2.24, 2.45) is 0 Å². The molecular weight excluding hydrogens is 513 g/mol. The number of para-hydroxylation sites is 1. The minimum absolute atomic E-state index is 0.0955. The van der Waals surface area contributed by atoms with E-state index in [0.717, 1.165) is 29.7 Å². The van der Waals surface area contributed by atoms with Crippen LogP contribution in [0.3, 0.4) is 0 Å². The number of aromatic nitrogens is 2. The predicted octanol–water partition coefficient (Wildman–Crippen LogP) is 5.84. The summed E-state index contributed by atoms with van der Waals surface area (Å²) in [5, 5.41) is 4.16. The third-order valence-corrected chi connectivity index (χ3v) is 6.47. The summed E-state index contributed by atoms with van der Waals surface area (Å²) in [5.74, 6) is 0.207. The van der Waals surface area contributed by atoms with Gasteiger partial charge in [-0.2, -0.15) is 0 Å². The molecular formula is C28H25F3N4O4. The van der Waals surface area contributed by atoms with Gasteiger partial charge in [-0.3, -0.25) is 14.3 Å². The Hall–Kier alpha value is -4.54. The second-order valence-corrected chi connectivity index (χ2v) is 9.06. The van der Waals surface area contributed by atoms with E-state index in [1.165, 1.54) is 23.1 Å². The minimum Gasteiger partial charge on any atom is -0.405 e. The summed E-state index contributed by atoms with van der Waals surface area (Å²) in [7, 11) is 1.56. The summed E-state index contributed by atoms with van der Waals surface area (Å²) < 4.78 is 49.7. The Balaban J connectivity index is 1.39. The highest BCUT2D eigenvalue weighted by Crippen LogP contribution is 2.34. The number of anilines is 1. The van der Waals surface area contributed by atoms with Gasteiger partial charge in [0.15, 0.2) is 5.82 Å². The van der Waals surface area contributed by atoms with Gasteiger partial charge in [0.05, 0.1) is 0 Å². The van der Waals surface area contributed by atoms with Crippen LogP contribution in [-0.2, 0) is 19.5 Å². The number of amides is 2. The van der Waals surface area contributed by atoms with Crippen LogP contribution in [0.5, 0.6) is 11.6 Å². The fraction of sp³-hybridized carbons (Fsp3) is 0.250. The summed E-state index contributed by atoms with van der Waals surface area (Å²) in [6.45, 7) is 0.274. The summed E-state index contributed by atoms with van der Waals surface area (Å²) in [4.78, 5) is 32.4. The van der Waals surface area contributed by atoms with Gasteiger partial charge < -0.3 is 14.8 Å². The minimum atomic E-state index is -4.87. The zero-order valence-electron chi connectivity index (χ0n) is 21.0. The maximum absolute atomic E-state index is 13.6. The van der Waals surface area contributed by atoms with Gasteiger partial charge in [0.25, 0.3) is 5.91 Å². The number of benzene rings is 3. The van der Waals surface area contributed by atoms with Crippen molar-refractivity contribution in [3.63, 3.8) is 0 Å². The Kier molecular flexibility index (Phi) is 7.14. The molecule has 1 aliphatic heterocycles. The second-order valence-electron chi connectivity index (χ2n) is 9.06. The van der Waals surface area contributed by atoms with Crippen LogP contribution in [0.15, 0.2) is 66.7 Å². The number of hydrogen-bond donors (Lipinski definition) is 1. The number of aryl methyl sites for hydroxylation is 1. The zero-order chi connectivity index (χ0) is 27.6. The van der Waals surface area contributed by atoms with Gasteiger partial charge in [-0.15, -0.1) is 13.2 Å². The number of carbonyl (C=O) groups excluding carboxylic acids is 2. The van der Waals surface area contributed by atoms with Gasteiger partial charge in [0, 0.05) is 37.7 Å². The summed E-state index contributed by atoms with van der Waals surface area (Å²) in [6.07, 6.45) is -3.39. The molecule has 39 heavy (non-hydrogen) atoms. The van der Waals surface area contributed by atoms with E-state index in [-0.39, 0.29) is 29.7 Å². The number of nitrogens with zero attached hydrogens (tertiary/aromatic N) is 3. The molecule has 8 nitrogen and oxygen atoms in total. The molecule has 2 heterocycles. The second kappa shape index (κ2) is 10.7. The molecule has 1 N–H and O–H groups in total. The van der Waals surface area contributed by atoms with Crippen LogP contribution in [-0.4, -0.2) is 35.0 Å². The topological polar surface area (TPSA) is 85.7 Å². The summed E-state index contributed by atoms with van der Waals surface area (Å²) in [6, 6.07) is 18.5. The number of ether oxygens (including phenoxy) is 2. The lowest BCUT2D eigenvalue weighted by Crippen LogP contribution is -2.30. The first kappa shape index (κ1) is 26.1. The van der Waals surface area contributed by atoms with Gasteiger partial charge in [0.2, 0.25) is 5.88 Å². The van der Waals surface area contributed by atoms with E-state index < -0.39 is 18.2 Å². The van der Waals surface area contributed by atoms with Gasteiger partial charge in [-0.25, -0.2) is 9.78 Å². The van der Waals surface area contributed by atoms with E-state index in [2.05, 4.69) is 15.0 Å². The molecule has 0 fully saturated rings. The number of nitrogens with one attached hydrogen (secondary N) is 1. The monoisotopic (exact) mass is 538 g/mol. The Labute approximate surface area is 222 Å². The molecule has 0 unspecified atom stereocenters. The zero-order valence-corrected chi connectivity index (χ0v) is 21.0. The summed E-state index contributed by atoms with van der Waals surface area (Å²) in [5.41, 5.74) is 0.587. The van der Waals surface area contributed by atoms with Crippen molar-refractivity contribution >= 4 is 28.6 Å². The third kappa shape index (κ3) is 5.66. The molecule has 5 rings (SSSR count). The van der Waals surface area contributed by atoms with E-state index >= 15 is 0 Å². The molecule has 1 aliphatic rings. The van der Waals surface area contributed by atoms with Crippen LogP contribution in [0.2, 0.25) is 0 Å². The molecule has 2 amide bonds. The maximum atomic E-state index is 13.6. The van der Waals surface area contributed by atoms with Crippen molar-refractivity contribution in [1.82, 2.24) is 14.9 Å². The lowest BCUT2D eigenvalue weighted by atomic mass is 10.0. The lowest BCUT2D eigenvalue weighted by molar-refractivity contribution is -0.274. The first-order chi connectivity index (χ1) is 18.7. The fourth-order valence-electron chi connectivity index (χ4n) is 4.62. The molecule has 0 bridgehead atoms. The molecule has 0 saturated carbocycles. The van der Waals surface area contributed by atoms with Gasteiger partial charge in [0.1, 0.15) is 11.6 Å². The number of imidazole rings is 1. The normalized spacial score (nSPS) is 13.0. The van der Waals surface area contributed by atoms with Crippen molar-refractivity contribution in [2.45, 2.75) is 38.7 Å². The van der Waals surface area contributed by atoms with E-state index in [0.29, 0.717) is 24.4 Å². The quantitative estimate of drug-likeness (QED) is 0.334. The first-order valence-electron chi connectivity index (χ1n) is 12.4. The third-order valence-electron chi connectivity index (χ3n) is 6.47. The Morgan fingerprint density at radius 3 is 2.59 bits per heavy atom. The van der Waals surface area contributed by atoms with Gasteiger partial charge in [-0.1, -0.05) is 54.6 Å². The van der Waals surface area contributed by atoms with Crippen molar-refractivity contribution in [3.8, 4) is 11.6 Å². The van der Waals surface area contributed by atoms with Crippen molar-refractivity contribution in [1.29, 1.82) is 0 Å². The molecule has 202 valence electrons. The molecule has 11 heteroatoms. The van der Waals surface area contributed by atoms with E-state index in [1.807, 2.05) is 30.3 Å². The van der Waals surface area contributed by atoms with Crippen molar-refractivity contribution < 1.29 is 32.2 Å². The molecule has 0 spiro atoms. The van der Waals surface area contributed by atoms with E-state index in [1.54, 1.807) is 23.7 Å². The molecule has 0 atom stereocenters. The average Bonchev–Trinajstić information content (AvgIpc) is 3.28. The smallest absolute Gasteiger partial charge is 0.405 e. The SMILES string of the molecule is CN(C(=O)c1cccc2ccccc12)c1nc2n(c1OC(=O)NCc1ccccc1OC(F)(F)F)CCCC2. The highest BCUT2D eigenvalue weighted by Gasteiger charge is 2.32. The maximum Gasteiger partial charge on any atom is 0.573 e. The van der Waals surface area contributed by atoms with Crippen LogP contribution in [0.25, 0.3) is 10.8 Å². The fourth-order valence-corrected chi connectivity index (χ4v) is 4.62. The molecule has 0 aliphatic carbocycles. The number of rotatable bonds is 6. The molecule has 1 aromatic heterocycles. The molecule has 0 saturated heterocycles. The number of hydrogen-bond acceptors (Lipinski definition) is 5. The van der Waals surface area contributed by atoms with Crippen LogP contribution >= 0.6 is 0 Å². The van der Waals surface area contributed by atoms with Gasteiger partial charge >= 0.3 is 12.5 Å². The first-order valence-corrected chi connectivity index (χ1v) is 12.4. The number of alkyl halides is 3. The highest BCUT2D eigenvalue weighted by molar-refractivity contribution is 6.14. The molecule has 3 aromatic carbocycles. The highest BCUT2D eigenvalue weighted by atomic mass is 19.4. The van der Waals surface area contributed by atoms with Gasteiger partial charge in [-0.05, 0) is 35.7 Å². The standard InChI is InChI=1S/C28H25F3N4O4/c1-34(25(36)21-13-8-11-18-9-2-4-12-20(18)21)24-26(35-16-7-6-15-23(35)33-24)38-27(37)32-17-19-10-3-5-14-22(19)39-28(29,30)31/h2-5,8-14H,6-7,15-17H2,1H3,(H,32,37). The lowest BCUT2D eigenvalue weighted by Gasteiger charge is -2.19. The number of fused-ring (bicyclic) bond motifs is 2. The van der Waals surface area contributed by atoms with E-state index in [9.17, 15) is 22.8 Å². The largest absolute Gasteiger partial charge is 0.573 e. The number of halogens is 3. The molecule has 4 aromatic rings. The average molecular weight is 539 g/mol. The number of carbonyl (C=O) groups is 2. The Morgan fingerprint density at radius 2 is 1.77 bits per heavy atom. The van der Waals surface area contributed by atoms with E-state index in [4.69, 9.17) is 4.74 Å².